The molecule has 0 saturated carbocycles. The van der Waals surface area contributed by atoms with Crippen molar-refractivity contribution in [3.63, 3.8) is 0 Å². The molecule has 0 aromatic heterocycles. The molecular weight excluding hydrogens is 269 g/mol. The molecule has 86 valence electrons. The zero-order valence-electron chi connectivity index (χ0n) is 9.26. The summed E-state index contributed by atoms with van der Waals surface area (Å²) in [5, 5.41) is 3.12. The molecule has 0 bridgehead atoms. The Kier molecular flexibility index (Phi) is 5.51. The summed E-state index contributed by atoms with van der Waals surface area (Å²) in [4.78, 5) is 0. The van der Waals surface area contributed by atoms with Crippen LogP contribution >= 0.6 is 15.9 Å². The lowest BCUT2D eigenvalue weighted by Gasteiger charge is -2.18. The molecular formula is C13H15BrFN. The highest BCUT2D eigenvalue weighted by atomic mass is 79.9. The molecule has 0 radical (unpaired) electrons. The average molecular weight is 284 g/mol. The molecule has 1 atom stereocenters. The molecule has 0 amide bonds. The van der Waals surface area contributed by atoms with E-state index >= 15 is 0 Å². The van der Waals surface area contributed by atoms with Crippen LogP contribution in [0.5, 0.6) is 0 Å². The molecule has 1 unspecified atom stereocenters. The molecule has 0 aliphatic heterocycles. The molecule has 1 rings (SSSR count). The quantitative estimate of drug-likeness (QED) is 0.643. The van der Waals surface area contributed by atoms with E-state index in [4.69, 9.17) is 6.42 Å². The standard InChI is InChI=1S/C13H15BrFN/c1-3-4-5-9-12(16-2)13-10(14)7-6-8-11(13)15/h1,6-8,12,16H,4-5,9H2,2H3. The molecule has 1 aromatic carbocycles. The van der Waals surface area contributed by atoms with Crippen molar-refractivity contribution in [3.05, 3.63) is 34.1 Å². The molecule has 0 saturated heterocycles. The molecule has 16 heavy (non-hydrogen) atoms. The Balaban J connectivity index is 2.83. The molecule has 1 N–H and O–H groups in total. The van der Waals surface area contributed by atoms with Gasteiger partial charge >= 0.3 is 0 Å². The number of hydrogen-bond donors (Lipinski definition) is 1. The number of rotatable bonds is 5. The fourth-order valence-electron chi connectivity index (χ4n) is 1.68. The predicted octanol–water partition coefficient (Wildman–Crippen LogP) is 3.65. The van der Waals surface area contributed by atoms with Crippen LogP contribution in [0.4, 0.5) is 4.39 Å². The van der Waals surface area contributed by atoms with E-state index in [1.54, 1.807) is 6.07 Å². The van der Waals surface area contributed by atoms with E-state index in [2.05, 4.69) is 27.2 Å². The molecule has 3 heteroatoms. The fraction of sp³-hybridized carbons (Fsp3) is 0.385. The lowest BCUT2D eigenvalue weighted by Crippen LogP contribution is -2.18. The van der Waals surface area contributed by atoms with Gasteiger partial charge in [0.1, 0.15) is 5.82 Å². The third kappa shape index (κ3) is 3.33. The van der Waals surface area contributed by atoms with Gasteiger partial charge in [0.25, 0.3) is 0 Å². The fourth-order valence-corrected chi connectivity index (χ4v) is 2.30. The van der Waals surface area contributed by atoms with Crippen LogP contribution in [0.25, 0.3) is 0 Å². The topological polar surface area (TPSA) is 12.0 Å². The SMILES string of the molecule is C#CCCCC(NC)c1c(F)cccc1Br. The van der Waals surface area contributed by atoms with Crippen molar-refractivity contribution in [2.45, 2.75) is 25.3 Å². The molecule has 0 aliphatic rings. The van der Waals surface area contributed by atoms with E-state index < -0.39 is 0 Å². The first-order valence-corrected chi connectivity index (χ1v) is 6.04. The Labute approximate surface area is 105 Å². The van der Waals surface area contributed by atoms with Crippen molar-refractivity contribution in [1.82, 2.24) is 5.32 Å². The predicted molar refractivity (Wildman–Crippen MR) is 68.6 cm³/mol. The average Bonchev–Trinajstić information content (AvgIpc) is 2.26. The highest BCUT2D eigenvalue weighted by molar-refractivity contribution is 9.10. The van der Waals surface area contributed by atoms with Gasteiger partial charge in [-0.05, 0) is 32.0 Å². The molecule has 0 fully saturated rings. The van der Waals surface area contributed by atoms with E-state index in [0.717, 1.165) is 23.7 Å². The van der Waals surface area contributed by atoms with Gasteiger partial charge in [0.15, 0.2) is 0 Å². The lowest BCUT2D eigenvalue weighted by atomic mass is 10.0. The number of terminal acetylenes is 1. The monoisotopic (exact) mass is 283 g/mol. The van der Waals surface area contributed by atoms with Gasteiger partial charge in [-0.1, -0.05) is 22.0 Å². The van der Waals surface area contributed by atoms with Gasteiger partial charge in [-0.3, -0.25) is 0 Å². The van der Waals surface area contributed by atoms with Gasteiger partial charge in [0, 0.05) is 22.5 Å². The first-order valence-electron chi connectivity index (χ1n) is 5.25. The Morgan fingerprint density at radius 1 is 1.56 bits per heavy atom. The Morgan fingerprint density at radius 3 is 2.88 bits per heavy atom. The van der Waals surface area contributed by atoms with Crippen molar-refractivity contribution in [3.8, 4) is 12.3 Å². The van der Waals surface area contributed by atoms with E-state index in [-0.39, 0.29) is 11.9 Å². The van der Waals surface area contributed by atoms with E-state index in [1.807, 2.05) is 13.1 Å². The summed E-state index contributed by atoms with van der Waals surface area (Å²) >= 11 is 3.38. The smallest absolute Gasteiger partial charge is 0.129 e. The van der Waals surface area contributed by atoms with Crippen molar-refractivity contribution in [1.29, 1.82) is 0 Å². The summed E-state index contributed by atoms with van der Waals surface area (Å²) < 4.78 is 14.5. The van der Waals surface area contributed by atoms with Gasteiger partial charge < -0.3 is 5.32 Å². The van der Waals surface area contributed by atoms with Crippen LogP contribution in [0.2, 0.25) is 0 Å². The normalized spacial score (nSPS) is 12.1. The number of benzene rings is 1. The van der Waals surface area contributed by atoms with Gasteiger partial charge in [0.2, 0.25) is 0 Å². The Bertz CT molecular complexity index is 364. The highest BCUT2D eigenvalue weighted by Crippen LogP contribution is 2.29. The van der Waals surface area contributed by atoms with E-state index in [9.17, 15) is 4.39 Å². The van der Waals surface area contributed by atoms with Gasteiger partial charge in [-0.15, -0.1) is 12.3 Å². The molecule has 0 aliphatic carbocycles. The summed E-state index contributed by atoms with van der Waals surface area (Å²) in [5.74, 6) is 2.41. The second-order valence-electron chi connectivity index (χ2n) is 3.57. The summed E-state index contributed by atoms with van der Waals surface area (Å²) in [6.07, 6.45) is 7.65. The van der Waals surface area contributed by atoms with E-state index in [1.165, 1.54) is 6.07 Å². The number of nitrogens with one attached hydrogen (secondary N) is 1. The summed E-state index contributed by atoms with van der Waals surface area (Å²) in [7, 11) is 1.83. The minimum atomic E-state index is -0.186. The number of halogens is 2. The van der Waals surface area contributed by atoms with Gasteiger partial charge in [-0.25, -0.2) is 4.39 Å². The van der Waals surface area contributed by atoms with Crippen LogP contribution in [-0.4, -0.2) is 7.05 Å². The molecule has 0 heterocycles. The minimum absolute atomic E-state index is 0.00363. The first-order chi connectivity index (χ1) is 7.70. The number of unbranched alkanes of at least 4 members (excludes halogenated alkanes) is 1. The van der Waals surface area contributed by atoms with Crippen molar-refractivity contribution in [2.75, 3.05) is 7.05 Å². The second-order valence-corrected chi connectivity index (χ2v) is 4.43. The van der Waals surface area contributed by atoms with Crippen LogP contribution in [-0.2, 0) is 0 Å². The minimum Gasteiger partial charge on any atom is -0.313 e. The Morgan fingerprint density at radius 2 is 2.31 bits per heavy atom. The molecule has 1 aromatic rings. The third-order valence-corrected chi connectivity index (χ3v) is 3.20. The van der Waals surface area contributed by atoms with Crippen molar-refractivity contribution >= 4 is 15.9 Å². The summed E-state index contributed by atoms with van der Waals surface area (Å²) in [6.45, 7) is 0. The zero-order chi connectivity index (χ0) is 12.0. The maximum atomic E-state index is 13.7. The van der Waals surface area contributed by atoms with Crippen LogP contribution in [0, 0.1) is 18.2 Å². The maximum absolute atomic E-state index is 13.7. The summed E-state index contributed by atoms with van der Waals surface area (Å²) in [5.41, 5.74) is 0.682. The van der Waals surface area contributed by atoms with Crippen molar-refractivity contribution < 1.29 is 4.39 Å². The molecule has 1 nitrogen and oxygen atoms in total. The van der Waals surface area contributed by atoms with Gasteiger partial charge in [0.05, 0.1) is 0 Å². The van der Waals surface area contributed by atoms with Crippen molar-refractivity contribution in [2.24, 2.45) is 0 Å². The zero-order valence-corrected chi connectivity index (χ0v) is 10.8. The van der Waals surface area contributed by atoms with Crippen LogP contribution in [0.15, 0.2) is 22.7 Å². The summed E-state index contributed by atoms with van der Waals surface area (Å²) in [6, 6.07) is 5.02. The van der Waals surface area contributed by atoms with Gasteiger partial charge in [-0.2, -0.15) is 0 Å². The second kappa shape index (κ2) is 6.67. The van der Waals surface area contributed by atoms with Crippen LogP contribution in [0.3, 0.4) is 0 Å². The lowest BCUT2D eigenvalue weighted by molar-refractivity contribution is 0.495. The maximum Gasteiger partial charge on any atom is 0.129 e. The Hall–Kier alpha value is -0.850. The number of hydrogen-bond acceptors (Lipinski definition) is 1. The largest absolute Gasteiger partial charge is 0.313 e. The van der Waals surface area contributed by atoms with Crippen LogP contribution < -0.4 is 5.32 Å². The van der Waals surface area contributed by atoms with E-state index in [0.29, 0.717) is 5.56 Å². The van der Waals surface area contributed by atoms with Crippen LogP contribution in [0.1, 0.15) is 30.9 Å². The highest BCUT2D eigenvalue weighted by Gasteiger charge is 2.16. The molecule has 0 spiro atoms. The third-order valence-electron chi connectivity index (χ3n) is 2.51. The first kappa shape index (κ1) is 13.2.